The lowest BCUT2D eigenvalue weighted by molar-refractivity contribution is 0.0697. The van der Waals surface area contributed by atoms with E-state index in [4.69, 9.17) is 9.84 Å². The molecule has 130 valence electrons. The molecule has 2 heterocycles. The van der Waals surface area contributed by atoms with E-state index >= 15 is 0 Å². The summed E-state index contributed by atoms with van der Waals surface area (Å²) >= 11 is 0. The number of methoxy groups -OCH3 is 1. The molecule has 2 amide bonds. The number of benzene rings is 1. The van der Waals surface area contributed by atoms with Crippen molar-refractivity contribution in [3.8, 4) is 0 Å². The summed E-state index contributed by atoms with van der Waals surface area (Å²) < 4.78 is 5.07. The van der Waals surface area contributed by atoms with Gasteiger partial charge >= 0.3 is 12.0 Å². The molecule has 7 nitrogen and oxygen atoms in total. The number of carbonyl (C=O) groups is 2. The van der Waals surface area contributed by atoms with Crippen molar-refractivity contribution in [2.75, 3.05) is 46.4 Å². The molecular formula is C17H23N3O4. The molecule has 2 aliphatic heterocycles. The fourth-order valence-electron chi connectivity index (χ4n) is 3.38. The van der Waals surface area contributed by atoms with E-state index in [1.165, 1.54) is 0 Å². The standard InChI is InChI=1S/C17H23N3O4/c1-24-9-8-19-12-15-11-18(6-7-20(15)17(19)23)10-13-2-4-14(5-3-13)16(21)22/h2-5,15H,6-12H2,1H3,(H,21,22)/t15-/m1/s1. The number of carboxylic acid groups (broad SMARTS) is 1. The van der Waals surface area contributed by atoms with Crippen LogP contribution < -0.4 is 0 Å². The van der Waals surface area contributed by atoms with Gasteiger partial charge in [0.05, 0.1) is 18.2 Å². The van der Waals surface area contributed by atoms with E-state index in [1.807, 2.05) is 21.9 Å². The number of amides is 2. The molecule has 0 aliphatic carbocycles. The number of aromatic carboxylic acids is 1. The summed E-state index contributed by atoms with van der Waals surface area (Å²) in [7, 11) is 1.64. The van der Waals surface area contributed by atoms with E-state index in [0.717, 1.165) is 38.3 Å². The van der Waals surface area contributed by atoms with Crippen molar-refractivity contribution < 1.29 is 19.4 Å². The van der Waals surface area contributed by atoms with Crippen molar-refractivity contribution in [2.45, 2.75) is 12.6 Å². The van der Waals surface area contributed by atoms with Crippen LogP contribution >= 0.6 is 0 Å². The summed E-state index contributed by atoms with van der Waals surface area (Å²) in [6.45, 7) is 5.13. The minimum atomic E-state index is -0.907. The molecule has 0 spiro atoms. The molecular weight excluding hydrogens is 310 g/mol. The number of fused-ring (bicyclic) bond motifs is 1. The Morgan fingerprint density at radius 1 is 1.25 bits per heavy atom. The molecule has 0 bridgehead atoms. The molecule has 2 aliphatic rings. The summed E-state index contributed by atoms with van der Waals surface area (Å²) in [5.74, 6) is -0.907. The number of piperazine rings is 1. The SMILES string of the molecule is COCCN1C[C@H]2CN(Cc3ccc(C(=O)O)cc3)CCN2C1=O. The Morgan fingerprint density at radius 2 is 2.00 bits per heavy atom. The average Bonchev–Trinajstić information content (AvgIpc) is 2.89. The van der Waals surface area contributed by atoms with E-state index in [2.05, 4.69) is 4.90 Å². The topological polar surface area (TPSA) is 73.3 Å². The number of nitrogens with zero attached hydrogens (tertiary/aromatic N) is 3. The summed E-state index contributed by atoms with van der Waals surface area (Å²) in [5.41, 5.74) is 1.40. The zero-order valence-corrected chi connectivity index (χ0v) is 13.9. The Balaban J connectivity index is 1.57. The molecule has 3 rings (SSSR count). The van der Waals surface area contributed by atoms with Gasteiger partial charge in [-0.1, -0.05) is 12.1 Å². The molecule has 0 aromatic heterocycles. The van der Waals surface area contributed by atoms with Gasteiger partial charge in [0.15, 0.2) is 0 Å². The second-order valence-electron chi connectivity index (χ2n) is 6.31. The van der Waals surface area contributed by atoms with Crippen molar-refractivity contribution in [3.63, 3.8) is 0 Å². The predicted molar refractivity (Wildman–Crippen MR) is 88.0 cm³/mol. The molecule has 0 unspecified atom stereocenters. The summed E-state index contributed by atoms with van der Waals surface area (Å²) in [4.78, 5) is 29.4. The van der Waals surface area contributed by atoms with Crippen LogP contribution in [0.15, 0.2) is 24.3 Å². The smallest absolute Gasteiger partial charge is 0.335 e. The Labute approximate surface area is 141 Å². The predicted octanol–water partition coefficient (Wildman–Crippen LogP) is 0.953. The van der Waals surface area contributed by atoms with Crippen LogP contribution in [0.1, 0.15) is 15.9 Å². The van der Waals surface area contributed by atoms with Crippen LogP contribution in [0.4, 0.5) is 4.79 Å². The summed E-state index contributed by atoms with van der Waals surface area (Å²) in [5, 5.41) is 8.95. The van der Waals surface area contributed by atoms with Gasteiger partial charge in [0.25, 0.3) is 0 Å². The number of carbonyl (C=O) groups excluding carboxylic acids is 1. The maximum absolute atomic E-state index is 12.3. The Hall–Kier alpha value is -2.12. The van der Waals surface area contributed by atoms with Crippen molar-refractivity contribution >= 4 is 12.0 Å². The highest BCUT2D eigenvalue weighted by molar-refractivity contribution is 5.87. The van der Waals surface area contributed by atoms with E-state index in [-0.39, 0.29) is 12.1 Å². The monoisotopic (exact) mass is 333 g/mol. The van der Waals surface area contributed by atoms with Crippen LogP contribution in [0.3, 0.4) is 0 Å². The fourth-order valence-corrected chi connectivity index (χ4v) is 3.38. The second kappa shape index (κ2) is 7.19. The van der Waals surface area contributed by atoms with Gasteiger partial charge in [-0.2, -0.15) is 0 Å². The number of carboxylic acids is 1. The van der Waals surface area contributed by atoms with E-state index in [0.29, 0.717) is 18.7 Å². The maximum Gasteiger partial charge on any atom is 0.335 e. The van der Waals surface area contributed by atoms with Crippen LogP contribution in [0.5, 0.6) is 0 Å². The molecule has 0 saturated carbocycles. The Bertz CT molecular complexity index is 604. The summed E-state index contributed by atoms with van der Waals surface area (Å²) in [6.07, 6.45) is 0. The fraction of sp³-hybridized carbons (Fsp3) is 0.529. The first-order chi connectivity index (χ1) is 11.6. The van der Waals surface area contributed by atoms with Crippen LogP contribution in [-0.2, 0) is 11.3 Å². The minimum Gasteiger partial charge on any atom is -0.478 e. The number of urea groups is 1. The lowest BCUT2D eigenvalue weighted by Gasteiger charge is -2.36. The highest BCUT2D eigenvalue weighted by Crippen LogP contribution is 2.21. The Morgan fingerprint density at radius 3 is 2.67 bits per heavy atom. The number of hydrogen-bond donors (Lipinski definition) is 1. The van der Waals surface area contributed by atoms with Gasteiger partial charge < -0.3 is 19.6 Å². The first-order valence-electron chi connectivity index (χ1n) is 8.17. The zero-order valence-electron chi connectivity index (χ0n) is 13.9. The van der Waals surface area contributed by atoms with Crippen LogP contribution in [0.25, 0.3) is 0 Å². The molecule has 2 fully saturated rings. The third-order valence-corrected chi connectivity index (χ3v) is 4.69. The van der Waals surface area contributed by atoms with Gasteiger partial charge in [-0.15, -0.1) is 0 Å². The van der Waals surface area contributed by atoms with Gasteiger partial charge in [0, 0.05) is 46.4 Å². The molecule has 1 aromatic carbocycles. The van der Waals surface area contributed by atoms with E-state index in [1.54, 1.807) is 19.2 Å². The van der Waals surface area contributed by atoms with Gasteiger partial charge in [-0.25, -0.2) is 9.59 Å². The first-order valence-corrected chi connectivity index (χ1v) is 8.17. The van der Waals surface area contributed by atoms with E-state index < -0.39 is 5.97 Å². The molecule has 1 aromatic rings. The molecule has 0 radical (unpaired) electrons. The highest BCUT2D eigenvalue weighted by atomic mass is 16.5. The highest BCUT2D eigenvalue weighted by Gasteiger charge is 2.40. The third-order valence-electron chi connectivity index (χ3n) is 4.69. The molecule has 1 atom stereocenters. The van der Waals surface area contributed by atoms with Crippen LogP contribution in [0.2, 0.25) is 0 Å². The largest absolute Gasteiger partial charge is 0.478 e. The number of rotatable bonds is 6. The average molecular weight is 333 g/mol. The lowest BCUT2D eigenvalue weighted by atomic mass is 10.1. The third kappa shape index (κ3) is 3.52. The second-order valence-corrected chi connectivity index (χ2v) is 6.31. The molecule has 1 N–H and O–H groups in total. The molecule has 2 saturated heterocycles. The lowest BCUT2D eigenvalue weighted by Crippen LogP contribution is -2.51. The molecule has 7 heteroatoms. The van der Waals surface area contributed by atoms with Gasteiger partial charge in [-0.3, -0.25) is 4.90 Å². The number of hydrogen-bond acceptors (Lipinski definition) is 4. The van der Waals surface area contributed by atoms with Gasteiger partial charge in [0.2, 0.25) is 0 Å². The van der Waals surface area contributed by atoms with E-state index in [9.17, 15) is 9.59 Å². The normalized spacial score (nSPS) is 21.2. The summed E-state index contributed by atoms with van der Waals surface area (Å²) in [6, 6.07) is 7.34. The van der Waals surface area contributed by atoms with Gasteiger partial charge in [-0.05, 0) is 17.7 Å². The first kappa shape index (κ1) is 16.7. The van der Waals surface area contributed by atoms with Crippen molar-refractivity contribution in [3.05, 3.63) is 35.4 Å². The number of ether oxygens (including phenoxy) is 1. The van der Waals surface area contributed by atoms with Gasteiger partial charge in [0.1, 0.15) is 0 Å². The van der Waals surface area contributed by atoms with Crippen LogP contribution in [0, 0.1) is 0 Å². The minimum absolute atomic E-state index is 0.113. The maximum atomic E-state index is 12.3. The quantitative estimate of drug-likeness (QED) is 0.839. The Kier molecular flexibility index (Phi) is 5.01. The zero-order chi connectivity index (χ0) is 17.1. The van der Waals surface area contributed by atoms with Crippen molar-refractivity contribution in [1.29, 1.82) is 0 Å². The van der Waals surface area contributed by atoms with Crippen LogP contribution in [-0.4, -0.2) is 84.3 Å². The van der Waals surface area contributed by atoms with Crippen molar-refractivity contribution in [2.24, 2.45) is 0 Å². The van der Waals surface area contributed by atoms with Crippen molar-refractivity contribution in [1.82, 2.24) is 14.7 Å². The molecule has 24 heavy (non-hydrogen) atoms.